The van der Waals surface area contributed by atoms with Gasteiger partial charge in [0.25, 0.3) is 0 Å². The van der Waals surface area contributed by atoms with Gasteiger partial charge in [-0.15, -0.1) is 0 Å². The van der Waals surface area contributed by atoms with Crippen molar-refractivity contribution in [1.29, 1.82) is 0 Å². The number of hydrazine groups is 1. The van der Waals surface area contributed by atoms with Crippen LogP contribution in [0, 0.1) is 0 Å². The second kappa shape index (κ2) is 5.30. The lowest BCUT2D eigenvalue weighted by Gasteiger charge is -2.34. The Morgan fingerprint density at radius 2 is 2.25 bits per heavy atom. The summed E-state index contributed by atoms with van der Waals surface area (Å²) in [6.07, 6.45) is 11.0. The summed E-state index contributed by atoms with van der Waals surface area (Å²) in [5.74, 6) is 5.75. The fourth-order valence-electron chi connectivity index (χ4n) is 3.01. The maximum absolute atomic E-state index is 5.90. The Bertz CT molecular complexity index is 257. The third-order valence-corrected chi connectivity index (χ3v) is 3.97. The van der Waals surface area contributed by atoms with Crippen molar-refractivity contribution >= 4 is 0 Å². The number of hydrogen-bond donors (Lipinski definition) is 2. The largest absolute Gasteiger partial charge is 0.373 e. The summed E-state index contributed by atoms with van der Waals surface area (Å²) in [5, 5.41) is 0. The Balaban J connectivity index is 2.11. The zero-order valence-electron chi connectivity index (χ0n) is 10.3. The first kappa shape index (κ1) is 12.1. The molecule has 1 aliphatic carbocycles. The van der Waals surface area contributed by atoms with Crippen molar-refractivity contribution in [3.05, 3.63) is 11.6 Å². The van der Waals surface area contributed by atoms with Crippen LogP contribution in [0.15, 0.2) is 11.6 Å². The second-order valence-corrected chi connectivity index (χ2v) is 5.24. The molecule has 0 radical (unpaired) electrons. The molecule has 0 aromatic carbocycles. The van der Waals surface area contributed by atoms with Gasteiger partial charge in [0.15, 0.2) is 0 Å². The van der Waals surface area contributed by atoms with E-state index in [1.165, 1.54) is 37.7 Å². The lowest BCUT2D eigenvalue weighted by molar-refractivity contribution is -0.00252. The third-order valence-electron chi connectivity index (χ3n) is 3.97. The first-order valence-corrected chi connectivity index (χ1v) is 6.55. The van der Waals surface area contributed by atoms with Crippen LogP contribution in [0.2, 0.25) is 0 Å². The van der Waals surface area contributed by atoms with E-state index in [4.69, 9.17) is 10.6 Å². The molecule has 2 atom stereocenters. The number of nitrogens with two attached hydrogens (primary N) is 1. The molecule has 2 aliphatic rings. The highest BCUT2D eigenvalue weighted by molar-refractivity contribution is 5.18. The molecular weight excluding hydrogens is 200 g/mol. The second-order valence-electron chi connectivity index (χ2n) is 5.24. The first-order valence-electron chi connectivity index (χ1n) is 6.55. The minimum atomic E-state index is -0.0923. The summed E-state index contributed by atoms with van der Waals surface area (Å²) >= 11 is 0. The monoisotopic (exact) mass is 224 g/mol. The Labute approximate surface area is 98.4 Å². The molecule has 1 saturated heterocycles. The average Bonchev–Trinajstić information content (AvgIpc) is 2.54. The summed E-state index contributed by atoms with van der Waals surface area (Å²) in [6.45, 7) is 3.07. The van der Waals surface area contributed by atoms with Gasteiger partial charge in [-0.3, -0.25) is 11.3 Å². The van der Waals surface area contributed by atoms with Crippen LogP contribution in [0.5, 0.6) is 0 Å². The summed E-state index contributed by atoms with van der Waals surface area (Å²) in [5.41, 5.74) is 4.36. The topological polar surface area (TPSA) is 47.3 Å². The summed E-state index contributed by atoms with van der Waals surface area (Å²) in [6, 6.07) is 0.202. The van der Waals surface area contributed by atoms with Crippen LogP contribution < -0.4 is 11.3 Å². The van der Waals surface area contributed by atoms with Crippen LogP contribution in [0.3, 0.4) is 0 Å². The molecule has 2 unspecified atom stereocenters. The summed E-state index contributed by atoms with van der Waals surface area (Å²) in [4.78, 5) is 0. The quantitative estimate of drug-likeness (QED) is 0.439. The van der Waals surface area contributed by atoms with Gasteiger partial charge in [-0.1, -0.05) is 18.1 Å². The molecule has 3 heteroatoms. The van der Waals surface area contributed by atoms with Crippen LogP contribution in [0.1, 0.15) is 51.9 Å². The van der Waals surface area contributed by atoms with E-state index in [2.05, 4.69) is 18.4 Å². The maximum Gasteiger partial charge on any atom is 0.0858 e. The van der Waals surface area contributed by atoms with E-state index in [0.29, 0.717) is 0 Å². The minimum absolute atomic E-state index is 0.0923. The number of allylic oxidation sites excluding steroid dienone is 1. The predicted octanol–water partition coefficient (Wildman–Crippen LogP) is 2.28. The number of rotatable bonds is 3. The van der Waals surface area contributed by atoms with Crippen LogP contribution in [-0.2, 0) is 4.74 Å². The Morgan fingerprint density at radius 3 is 2.94 bits per heavy atom. The van der Waals surface area contributed by atoms with Crippen molar-refractivity contribution in [1.82, 2.24) is 5.43 Å². The van der Waals surface area contributed by atoms with Gasteiger partial charge in [-0.2, -0.15) is 0 Å². The fraction of sp³-hybridized carbons (Fsp3) is 0.846. The Hall–Kier alpha value is -0.380. The molecule has 3 nitrogen and oxygen atoms in total. The number of ether oxygens (including phenoxy) is 1. The number of nitrogens with one attached hydrogen (secondary N) is 1. The van der Waals surface area contributed by atoms with Gasteiger partial charge in [0.05, 0.1) is 11.6 Å². The van der Waals surface area contributed by atoms with Gasteiger partial charge < -0.3 is 4.74 Å². The molecule has 0 saturated carbocycles. The van der Waals surface area contributed by atoms with Crippen LogP contribution >= 0.6 is 0 Å². The average molecular weight is 224 g/mol. The van der Waals surface area contributed by atoms with E-state index in [1.807, 2.05) is 0 Å². The standard InChI is InChI=1S/C13H24N2O/c1-13(9-6-10-16-13)12(15-14)11-7-4-2-3-5-8-11/h7,12,15H,2-6,8-10,14H2,1H3. The fourth-order valence-corrected chi connectivity index (χ4v) is 3.01. The Morgan fingerprint density at radius 1 is 1.38 bits per heavy atom. The highest BCUT2D eigenvalue weighted by atomic mass is 16.5. The van der Waals surface area contributed by atoms with Gasteiger partial charge in [0.2, 0.25) is 0 Å². The highest BCUT2D eigenvalue weighted by Gasteiger charge is 2.39. The van der Waals surface area contributed by atoms with Crippen molar-refractivity contribution in [3.63, 3.8) is 0 Å². The molecule has 0 aromatic heterocycles. The molecule has 0 bridgehead atoms. The van der Waals surface area contributed by atoms with Crippen LogP contribution in [0.4, 0.5) is 0 Å². The van der Waals surface area contributed by atoms with E-state index in [0.717, 1.165) is 19.4 Å². The molecular formula is C13H24N2O. The lowest BCUT2D eigenvalue weighted by atomic mass is 9.86. The van der Waals surface area contributed by atoms with Gasteiger partial charge in [0, 0.05) is 6.61 Å². The lowest BCUT2D eigenvalue weighted by Crippen LogP contribution is -2.52. The van der Waals surface area contributed by atoms with Crippen molar-refractivity contribution in [2.75, 3.05) is 6.61 Å². The van der Waals surface area contributed by atoms with Crippen molar-refractivity contribution in [2.45, 2.75) is 63.5 Å². The zero-order valence-corrected chi connectivity index (χ0v) is 10.3. The van der Waals surface area contributed by atoms with E-state index in [-0.39, 0.29) is 11.6 Å². The molecule has 1 fully saturated rings. The van der Waals surface area contributed by atoms with Gasteiger partial charge in [-0.25, -0.2) is 0 Å². The van der Waals surface area contributed by atoms with E-state index >= 15 is 0 Å². The molecule has 1 aliphatic heterocycles. The number of hydrogen-bond acceptors (Lipinski definition) is 3. The maximum atomic E-state index is 5.90. The van der Waals surface area contributed by atoms with Gasteiger partial charge >= 0.3 is 0 Å². The van der Waals surface area contributed by atoms with E-state index < -0.39 is 0 Å². The zero-order chi connectivity index (χ0) is 11.4. The molecule has 1 heterocycles. The highest BCUT2D eigenvalue weighted by Crippen LogP contribution is 2.34. The van der Waals surface area contributed by atoms with Crippen molar-refractivity contribution < 1.29 is 4.74 Å². The minimum Gasteiger partial charge on any atom is -0.373 e. The van der Waals surface area contributed by atoms with Gasteiger partial charge in [0.1, 0.15) is 0 Å². The van der Waals surface area contributed by atoms with Crippen molar-refractivity contribution in [3.8, 4) is 0 Å². The molecule has 16 heavy (non-hydrogen) atoms. The molecule has 92 valence electrons. The molecule has 3 N–H and O–H groups in total. The third kappa shape index (κ3) is 2.47. The normalized spacial score (nSPS) is 33.2. The first-order chi connectivity index (χ1) is 7.76. The van der Waals surface area contributed by atoms with E-state index in [9.17, 15) is 0 Å². The van der Waals surface area contributed by atoms with Crippen LogP contribution in [0.25, 0.3) is 0 Å². The smallest absolute Gasteiger partial charge is 0.0858 e. The van der Waals surface area contributed by atoms with Gasteiger partial charge in [-0.05, 0) is 45.4 Å². The SMILES string of the molecule is CC1(C(NN)C2=CCCCCC2)CCCO1. The summed E-state index contributed by atoms with van der Waals surface area (Å²) in [7, 11) is 0. The Kier molecular flexibility index (Phi) is 4.00. The van der Waals surface area contributed by atoms with Crippen LogP contribution in [-0.4, -0.2) is 18.2 Å². The molecule has 0 aromatic rings. The van der Waals surface area contributed by atoms with Crippen molar-refractivity contribution in [2.24, 2.45) is 5.84 Å². The molecule has 0 spiro atoms. The molecule has 2 rings (SSSR count). The predicted molar refractivity (Wildman–Crippen MR) is 65.9 cm³/mol. The summed E-state index contributed by atoms with van der Waals surface area (Å²) < 4.78 is 5.90. The molecule has 0 amide bonds. The van der Waals surface area contributed by atoms with E-state index in [1.54, 1.807) is 0 Å².